The van der Waals surface area contributed by atoms with E-state index in [0.717, 1.165) is 17.8 Å². The lowest BCUT2D eigenvalue weighted by Crippen LogP contribution is -2.15. The van der Waals surface area contributed by atoms with Crippen LogP contribution in [0.3, 0.4) is 0 Å². The predicted octanol–water partition coefficient (Wildman–Crippen LogP) is 1.23. The van der Waals surface area contributed by atoms with Gasteiger partial charge in [0.05, 0.1) is 0 Å². The number of hydrogen-bond acceptors (Lipinski definition) is 7. The Bertz CT molecular complexity index is 690. The normalized spacial score (nSPS) is 10.8. The fraction of sp³-hybridized carbons (Fsp3) is 0.308. The Labute approximate surface area is 121 Å². The molecule has 3 aromatic rings. The molecule has 0 fully saturated rings. The van der Waals surface area contributed by atoms with Gasteiger partial charge in [0.2, 0.25) is 11.7 Å². The maximum atomic E-state index is 5.20. The van der Waals surface area contributed by atoms with Crippen LogP contribution in [0.25, 0.3) is 11.4 Å². The van der Waals surface area contributed by atoms with Crippen LogP contribution < -0.4 is 4.90 Å². The van der Waals surface area contributed by atoms with E-state index in [9.17, 15) is 0 Å². The highest BCUT2D eigenvalue weighted by molar-refractivity contribution is 5.59. The van der Waals surface area contributed by atoms with Crippen LogP contribution in [0.15, 0.2) is 35.1 Å². The van der Waals surface area contributed by atoms with E-state index in [1.54, 1.807) is 0 Å². The molecule has 0 atom stereocenters. The topological polar surface area (TPSA) is 85.8 Å². The summed E-state index contributed by atoms with van der Waals surface area (Å²) in [6.45, 7) is 3.42. The van der Waals surface area contributed by atoms with Crippen LogP contribution in [0.4, 0.5) is 5.69 Å². The largest absolute Gasteiger partial charge is 0.375 e. The maximum Gasteiger partial charge on any atom is 0.248 e. The number of rotatable bonds is 5. The molecule has 0 spiro atoms. The van der Waals surface area contributed by atoms with Crippen molar-refractivity contribution in [2.45, 2.75) is 13.5 Å². The summed E-state index contributed by atoms with van der Waals surface area (Å²) < 4.78 is 6.73. The van der Waals surface area contributed by atoms with Gasteiger partial charge >= 0.3 is 0 Å². The Kier molecular flexibility index (Phi) is 3.59. The molecular weight excluding hydrogens is 270 g/mol. The van der Waals surface area contributed by atoms with Gasteiger partial charge in [-0.1, -0.05) is 5.16 Å². The lowest BCUT2D eigenvalue weighted by Gasteiger charge is -2.16. The summed E-state index contributed by atoms with van der Waals surface area (Å²) >= 11 is 0. The lowest BCUT2D eigenvalue weighted by atomic mass is 10.2. The van der Waals surface area contributed by atoms with E-state index in [0.29, 0.717) is 18.3 Å². The Morgan fingerprint density at radius 1 is 1.24 bits per heavy atom. The standard InChI is InChI=1S/C13H15N7O/c1-3-19(2)11-6-4-10(5-7-11)13-15-12(21-16-13)8-20-9-14-17-18-20/h4-7,9H,3,8H2,1-2H3. The van der Waals surface area contributed by atoms with E-state index in [4.69, 9.17) is 4.52 Å². The molecular formula is C13H15N7O. The van der Waals surface area contributed by atoms with Crippen molar-refractivity contribution >= 4 is 5.69 Å². The molecule has 0 aliphatic heterocycles. The summed E-state index contributed by atoms with van der Waals surface area (Å²) in [6.07, 6.45) is 1.50. The Morgan fingerprint density at radius 3 is 2.71 bits per heavy atom. The van der Waals surface area contributed by atoms with Gasteiger partial charge in [0.15, 0.2) is 0 Å². The third-order valence-electron chi connectivity index (χ3n) is 3.20. The molecule has 2 heterocycles. The molecule has 0 bridgehead atoms. The summed E-state index contributed by atoms with van der Waals surface area (Å²) in [5.41, 5.74) is 2.06. The predicted molar refractivity (Wildman–Crippen MR) is 75.6 cm³/mol. The highest BCUT2D eigenvalue weighted by atomic mass is 16.5. The summed E-state index contributed by atoms with van der Waals surface area (Å²) in [5, 5.41) is 14.8. The second-order valence-electron chi connectivity index (χ2n) is 4.58. The number of aromatic nitrogens is 6. The molecule has 0 unspecified atom stereocenters. The van der Waals surface area contributed by atoms with Gasteiger partial charge < -0.3 is 9.42 Å². The van der Waals surface area contributed by atoms with Crippen LogP contribution in [-0.4, -0.2) is 43.9 Å². The zero-order valence-corrected chi connectivity index (χ0v) is 11.8. The van der Waals surface area contributed by atoms with Crippen molar-refractivity contribution in [3.8, 4) is 11.4 Å². The van der Waals surface area contributed by atoms with Gasteiger partial charge in [0.1, 0.15) is 12.9 Å². The molecule has 0 radical (unpaired) electrons. The zero-order chi connectivity index (χ0) is 14.7. The molecule has 8 heteroatoms. The van der Waals surface area contributed by atoms with Crippen LogP contribution >= 0.6 is 0 Å². The van der Waals surface area contributed by atoms with Crippen molar-refractivity contribution in [3.63, 3.8) is 0 Å². The quantitative estimate of drug-likeness (QED) is 0.696. The van der Waals surface area contributed by atoms with Gasteiger partial charge in [-0.25, -0.2) is 4.68 Å². The third kappa shape index (κ3) is 2.88. The molecule has 0 N–H and O–H groups in total. The molecule has 108 valence electrons. The average Bonchev–Trinajstić information content (AvgIpc) is 3.19. The average molecular weight is 285 g/mol. The third-order valence-corrected chi connectivity index (χ3v) is 3.20. The minimum absolute atomic E-state index is 0.358. The van der Waals surface area contributed by atoms with Gasteiger partial charge in [-0.2, -0.15) is 4.98 Å². The minimum Gasteiger partial charge on any atom is -0.375 e. The summed E-state index contributed by atoms with van der Waals surface area (Å²) in [4.78, 5) is 6.50. The van der Waals surface area contributed by atoms with Crippen molar-refractivity contribution in [2.24, 2.45) is 0 Å². The first-order valence-corrected chi connectivity index (χ1v) is 6.61. The molecule has 0 aliphatic rings. The monoisotopic (exact) mass is 285 g/mol. The molecule has 21 heavy (non-hydrogen) atoms. The first-order chi connectivity index (χ1) is 10.3. The molecule has 3 rings (SSSR count). The lowest BCUT2D eigenvalue weighted by molar-refractivity contribution is 0.364. The van der Waals surface area contributed by atoms with Crippen molar-refractivity contribution < 1.29 is 4.52 Å². The number of nitrogens with zero attached hydrogens (tertiary/aromatic N) is 7. The van der Waals surface area contributed by atoms with Crippen molar-refractivity contribution in [1.29, 1.82) is 0 Å². The van der Waals surface area contributed by atoms with Gasteiger partial charge in [-0.3, -0.25) is 0 Å². The Balaban J connectivity index is 1.76. The summed E-state index contributed by atoms with van der Waals surface area (Å²) in [7, 11) is 2.05. The van der Waals surface area contributed by atoms with Crippen LogP contribution in [0, 0.1) is 0 Å². The van der Waals surface area contributed by atoms with Crippen LogP contribution in [0.5, 0.6) is 0 Å². The number of anilines is 1. The van der Waals surface area contributed by atoms with E-state index in [2.05, 4.69) is 37.5 Å². The first-order valence-electron chi connectivity index (χ1n) is 6.61. The molecule has 8 nitrogen and oxygen atoms in total. The van der Waals surface area contributed by atoms with Gasteiger partial charge in [-0.15, -0.1) is 5.10 Å². The van der Waals surface area contributed by atoms with Gasteiger partial charge in [0.25, 0.3) is 0 Å². The highest BCUT2D eigenvalue weighted by Crippen LogP contribution is 2.20. The van der Waals surface area contributed by atoms with Crippen molar-refractivity contribution in [3.05, 3.63) is 36.5 Å². The highest BCUT2D eigenvalue weighted by Gasteiger charge is 2.10. The van der Waals surface area contributed by atoms with E-state index in [-0.39, 0.29) is 0 Å². The number of benzene rings is 1. The first kappa shape index (κ1) is 13.2. The van der Waals surface area contributed by atoms with Gasteiger partial charge in [-0.05, 0) is 41.6 Å². The van der Waals surface area contributed by atoms with E-state index in [1.807, 2.05) is 31.3 Å². The second kappa shape index (κ2) is 5.70. The molecule has 0 aliphatic carbocycles. The minimum atomic E-state index is 0.358. The Hall–Kier alpha value is -2.77. The van der Waals surface area contributed by atoms with E-state index < -0.39 is 0 Å². The van der Waals surface area contributed by atoms with E-state index >= 15 is 0 Å². The second-order valence-corrected chi connectivity index (χ2v) is 4.58. The number of tetrazole rings is 1. The maximum absolute atomic E-state index is 5.20. The summed E-state index contributed by atoms with van der Waals surface area (Å²) in [5.74, 6) is 1.02. The Morgan fingerprint density at radius 2 is 2.05 bits per heavy atom. The van der Waals surface area contributed by atoms with Crippen LogP contribution in [-0.2, 0) is 6.54 Å². The fourth-order valence-electron chi connectivity index (χ4n) is 1.88. The molecule has 2 aromatic heterocycles. The molecule has 0 amide bonds. The van der Waals surface area contributed by atoms with Crippen molar-refractivity contribution in [2.75, 3.05) is 18.5 Å². The zero-order valence-electron chi connectivity index (χ0n) is 11.8. The molecule has 1 aromatic carbocycles. The van der Waals surface area contributed by atoms with Gasteiger partial charge in [0, 0.05) is 24.8 Å². The number of hydrogen-bond donors (Lipinski definition) is 0. The van der Waals surface area contributed by atoms with Crippen LogP contribution in [0.2, 0.25) is 0 Å². The summed E-state index contributed by atoms with van der Waals surface area (Å²) in [6, 6.07) is 8.03. The smallest absolute Gasteiger partial charge is 0.248 e. The molecule has 0 saturated carbocycles. The van der Waals surface area contributed by atoms with Crippen LogP contribution in [0.1, 0.15) is 12.8 Å². The van der Waals surface area contributed by atoms with Crippen molar-refractivity contribution in [1.82, 2.24) is 30.3 Å². The fourth-order valence-corrected chi connectivity index (χ4v) is 1.88. The van der Waals surface area contributed by atoms with E-state index in [1.165, 1.54) is 11.0 Å². The molecule has 0 saturated heterocycles. The SMILES string of the molecule is CCN(C)c1ccc(-c2noc(Cn3cnnn3)n2)cc1.